The lowest BCUT2D eigenvalue weighted by Crippen LogP contribution is -2.45. The van der Waals surface area contributed by atoms with E-state index in [9.17, 15) is 38.4 Å². The number of aliphatic hydroxyl groups excluding tert-OH is 1. The molecule has 0 unspecified atom stereocenters. The molecule has 518 valence electrons. The van der Waals surface area contributed by atoms with E-state index < -0.39 is 117 Å². The zero-order valence-corrected chi connectivity index (χ0v) is 56.9. The lowest BCUT2D eigenvalue weighted by Gasteiger charge is -2.22. The molecule has 0 aromatic carbocycles. The fourth-order valence-corrected chi connectivity index (χ4v) is 7.62. The zero-order valence-electron chi connectivity index (χ0n) is 65.9. The first-order valence-corrected chi connectivity index (χ1v) is 32.7. The molecule has 3 heterocycles. The first-order valence-electron chi connectivity index (χ1n) is 37.2. The van der Waals surface area contributed by atoms with Crippen molar-refractivity contribution in [3.8, 4) is 0 Å². The highest BCUT2D eigenvalue weighted by Gasteiger charge is 2.23. The molecule has 23 heteroatoms. The van der Waals surface area contributed by atoms with Gasteiger partial charge in [0.2, 0.25) is 29.6 Å². The molecule has 5 amide bonds. The summed E-state index contributed by atoms with van der Waals surface area (Å²) >= 11 is 0. The third-order valence-corrected chi connectivity index (χ3v) is 11.7. The van der Waals surface area contributed by atoms with Gasteiger partial charge in [0.25, 0.3) is 0 Å². The highest BCUT2D eigenvalue weighted by Crippen LogP contribution is 2.15. The molecule has 5 N–H and O–H groups in total. The topological polar surface area (TPSA) is 297 Å². The Morgan fingerprint density at radius 3 is 1.10 bits per heavy atom. The fourth-order valence-electron chi connectivity index (χ4n) is 7.62. The summed E-state index contributed by atoms with van der Waals surface area (Å²) in [5.74, 6) is -5.43. The first kappa shape index (κ1) is 71.9. The van der Waals surface area contributed by atoms with Gasteiger partial charge in [-0.3, -0.25) is 50.1 Å². The number of carbonyl (C=O) groups is 8. The number of amides is 5. The van der Waals surface area contributed by atoms with Crippen molar-refractivity contribution in [1.29, 1.82) is 5.41 Å². The smallest absolute Gasteiger partial charge is 0.437 e. The minimum Gasteiger partial charge on any atom is -0.464 e. The Balaban J connectivity index is -0.000000641. The quantitative estimate of drug-likeness (QED) is 0.0855. The number of allylic oxidation sites excluding steroid dienone is 1. The van der Waals surface area contributed by atoms with Crippen molar-refractivity contribution in [3.63, 3.8) is 0 Å². The number of nitrogens with zero attached hydrogens (tertiary/aromatic N) is 5. The number of hydrogen-bond donors (Lipinski definition) is 5. The molecule has 0 atom stereocenters. The Labute approximate surface area is 549 Å². The number of guanidine groups is 3. The van der Waals surface area contributed by atoms with Crippen LogP contribution >= 0.6 is 0 Å². The molecule has 0 aliphatic carbocycles. The van der Waals surface area contributed by atoms with Gasteiger partial charge in [0, 0.05) is 59.1 Å². The van der Waals surface area contributed by atoms with Crippen LogP contribution in [0.2, 0.25) is 0 Å². The van der Waals surface area contributed by atoms with Crippen LogP contribution in [-0.2, 0) is 52.5 Å². The van der Waals surface area contributed by atoms with Crippen LogP contribution in [0.25, 0.3) is 0 Å². The standard InChI is InChI=1S/C21H37N3O5.C21H35N3O5.C16H29N3O3.C2H6O.3C2H6/c2*1-21(2,3)29-20(27)23-19-22-17(25)14-12-10-8-6-5-7-9-11-13-15-28-18(26)16-24(19)4;1-19-13-15(21)22-12-10-8-6-4-2-3-5-7-9-11-14(20)18-16(19)17;1-2-3;3*1-2/h5-16H2,1-4H3,(H,22,23,25,27);9,11H,5-8,10,12-16H2,1-4H3,(H,22,23,25,27);2-13H2,1H3,(H2,17,18,20);3H,2H2,1H3;3*1-2H3/b;11-9+;;;;;/i2*4D3;1D3;;;;. The van der Waals surface area contributed by atoms with E-state index in [1.54, 1.807) is 48.5 Å². The molecule has 0 radical (unpaired) electrons. The van der Waals surface area contributed by atoms with Crippen LogP contribution < -0.4 is 16.0 Å². The average Bonchev–Trinajstić information content (AvgIpc) is 0.849. The van der Waals surface area contributed by atoms with E-state index in [1.807, 2.05) is 53.7 Å². The Hall–Kier alpha value is -6.13. The molecule has 2 saturated heterocycles. The molecule has 3 rings (SSSR count). The van der Waals surface area contributed by atoms with Crippen molar-refractivity contribution in [2.75, 3.05) is 67.0 Å². The number of esters is 3. The average molecular weight is 1280 g/mol. The summed E-state index contributed by atoms with van der Waals surface area (Å²) < 4.78 is 94.7. The van der Waals surface area contributed by atoms with Gasteiger partial charge < -0.3 is 43.5 Å². The number of hydrogen-bond acceptors (Lipinski definition) is 15. The van der Waals surface area contributed by atoms with Gasteiger partial charge in [-0.1, -0.05) is 163 Å². The molecule has 3 aliphatic heterocycles. The van der Waals surface area contributed by atoms with Gasteiger partial charge in [-0.25, -0.2) is 9.59 Å². The Morgan fingerprint density at radius 1 is 0.483 bits per heavy atom. The number of aliphatic hydroxyl groups is 1. The van der Waals surface area contributed by atoms with Crippen molar-refractivity contribution < 1.29 is 79.5 Å². The summed E-state index contributed by atoms with van der Waals surface area (Å²) in [5, 5.41) is 22.4. The summed E-state index contributed by atoms with van der Waals surface area (Å²) in [5.41, 5.74) is -1.75. The van der Waals surface area contributed by atoms with Crippen LogP contribution in [0.1, 0.15) is 282 Å². The number of likely N-dealkylation sites (N-methyl/N-ethyl adjacent to an activating group) is 3. The number of nitrogens with one attached hydrogen (secondary N) is 4. The Kier molecular flexibility index (Phi) is 48.1. The first-order chi connectivity index (χ1) is 46.0. The molecule has 3 aliphatic rings. The van der Waals surface area contributed by atoms with Crippen molar-refractivity contribution in [1.82, 2.24) is 30.7 Å². The SMILES string of the molecule is CC.CC.CC.CCO.[2H]C([2H])([2H])N1CC(=O)OCC/C=C/CCCCCCCC(=O)NC1=NC(=O)OC(C)(C)C.[2H]C([2H])([2H])N1CC(=O)OCCCCCCCCCCCC(=O)NC1=N.[2H]C([2H])([2H])N1CC(=O)OCCCCCCCCCCCC(=O)NC1=NC(=O)OC(C)(C)C. The molecular formula is C66H125N9O14. The summed E-state index contributed by atoms with van der Waals surface area (Å²) in [6.07, 6.45) is 25.8. The summed E-state index contributed by atoms with van der Waals surface area (Å²) in [7, 11) is 0. The predicted molar refractivity (Wildman–Crippen MR) is 355 cm³/mol. The van der Waals surface area contributed by atoms with Gasteiger partial charge in [0.15, 0.2) is 5.96 Å². The van der Waals surface area contributed by atoms with E-state index in [4.69, 9.17) is 46.5 Å². The number of rotatable bonds is 0. The van der Waals surface area contributed by atoms with Crippen molar-refractivity contribution >= 4 is 65.7 Å². The van der Waals surface area contributed by atoms with Crippen molar-refractivity contribution in [2.45, 2.75) is 281 Å². The molecule has 0 spiro atoms. The molecule has 23 nitrogen and oxygen atoms in total. The Morgan fingerprint density at radius 2 is 0.764 bits per heavy atom. The lowest BCUT2D eigenvalue weighted by molar-refractivity contribution is -0.144. The van der Waals surface area contributed by atoms with E-state index in [2.05, 4.69) is 25.9 Å². The predicted octanol–water partition coefficient (Wildman–Crippen LogP) is 12.8. The maximum atomic E-state index is 12.4. The van der Waals surface area contributed by atoms with Crippen LogP contribution in [0.3, 0.4) is 0 Å². The van der Waals surface area contributed by atoms with E-state index in [1.165, 1.54) is 6.42 Å². The van der Waals surface area contributed by atoms with Crippen LogP contribution in [0.4, 0.5) is 9.59 Å². The highest BCUT2D eigenvalue weighted by molar-refractivity contribution is 6.02. The van der Waals surface area contributed by atoms with E-state index in [0.717, 1.165) is 122 Å². The normalized spacial score (nSPS) is 21.5. The second-order valence-electron chi connectivity index (χ2n) is 22.0. The lowest BCUT2D eigenvalue weighted by atomic mass is 10.1. The zero-order chi connectivity index (χ0) is 75.8. The van der Waals surface area contributed by atoms with Crippen molar-refractivity contribution in [2.24, 2.45) is 9.98 Å². The van der Waals surface area contributed by atoms with Crippen LogP contribution in [0.15, 0.2) is 22.1 Å². The summed E-state index contributed by atoms with van der Waals surface area (Å²) in [6.45, 7) is 13.8. The maximum absolute atomic E-state index is 12.4. The molecular weight excluding hydrogens is 1140 g/mol. The summed E-state index contributed by atoms with van der Waals surface area (Å²) in [6, 6.07) is 0. The number of aliphatic imine (C=N–C) groups is 2. The maximum Gasteiger partial charge on any atom is 0.437 e. The third-order valence-electron chi connectivity index (χ3n) is 11.7. The molecule has 89 heavy (non-hydrogen) atoms. The monoisotopic (exact) mass is 1280 g/mol. The van der Waals surface area contributed by atoms with E-state index in [-0.39, 0.29) is 45.7 Å². The Bertz CT molecular complexity index is 2330. The third kappa shape index (κ3) is 60.6. The van der Waals surface area contributed by atoms with Gasteiger partial charge in [0.05, 0.1) is 19.8 Å². The largest absolute Gasteiger partial charge is 0.464 e. The van der Waals surface area contributed by atoms with Crippen molar-refractivity contribution in [3.05, 3.63) is 12.2 Å². The van der Waals surface area contributed by atoms with E-state index >= 15 is 0 Å². The number of cyclic esters (lactones) is 3. The molecule has 0 bridgehead atoms. The van der Waals surface area contributed by atoms with Gasteiger partial charge in [0.1, 0.15) is 30.8 Å². The molecule has 0 saturated carbocycles. The molecule has 0 aromatic rings. The van der Waals surface area contributed by atoms with Gasteiger partial charge in [-0.15, -0.1) is 9.98 Å². The number of carbonyl (C=O) groups excluding carboxylic acids is 8. The highest BCUT2D eigenvalue weighted by atomic mass is 16.6. The second kappa shape index (κ2) is 59.5. The van der Waals surface area contributed by atoms with Crippen LogP contribution in [-0.4, -0.2) is 164 Å². The van der Waals surface area contributed by atoms with Crippen LogP contribution in [0.5, 0.6) is 0 Å². The van der Waals surface area contributed by atoms with E-state index in [0.29, 0.717) is 46.8 Å². The molecule has 0 aromatic heterocycles. The summed E-state index contributed by atoms with van der Waals surface area (Å²) in [4.78, 5) is 107. The fraction of sp³-hybridized carbons (Fsp3) is 0.803. The minimum atomic E-state index is -2.87. The minimum absolute atomic E-state index is 0.0923. The number of ether oxygens (including phenoxy) is 5. The van der Waals surface area contributed by atoms with Gasteiger partial charge in [-0.2, -0.15) is 0 Å². The van der Waals surface area contributed by atoms with Gasteiger partial charge in [-0.05, 0) is 99.8 Å². The van der Waals surface area contributed by atoms with Gasteiger partial charge >= 0.3 is 30.1 Å². The molecule has 2 fully saturated rings. The van der Waals surface area contributed by atoms with Crippen LogP contribution in [0, 0.1) is 5.41 Å². The second-order valence-corrected chi connectivity index (χ2v) is 22.0.